The summed E-state index contributed by atoms with van der Waals surface area (Å²) in [5.74, 6) is -3.96. The number of halogens is 3. The van der Waals surface area contributed by atoms with Gasteiger partial charge in [-0.3, -0.25) is 4.79 Å². The topological polar surface area (TPSA) is 53.8 Å². The Morgan fingerprint density at radius 2 is 2.00 bits per heavy atom. The molecule has 23 heavy (non-hydrogen) atoms. The van der Waals surface area contributed by atoms with Gasteiger partial charge in [0, 0.05) is 17.5 Å². The van der Waals surface area contributed by atoms with E-state index in [-0.39, 0.29) is 10.6 Å². The SMILES string of the molecule is Cc1csc(C(C#N)C(=O)CC(c2ccccc2)C(F)(F)F)n1. The number of aryl methyl sites for hydroxylation is 1. The fourth-order valence-electron chi connectivity index (χ4n) is 2.20. The van der Waals surface area contributed by atoms with Gasteiger partial charge in [-0.1, -0.05) is 30.3 Å². The number of thiazole rings is 1. The van der Waals surface area contributed by atoms with Crippen LogP contribution in [0.3, 0.4) is 0 Å². The van der Waals surface area contributed by atoms with Crippen LogP contribution in [0.15, 0.2) is 35.7 Å². The summed E-state index contributed by atoms with van der Waals surface area (Å²) in [4.78, 5) is 16.3. The van der Waals surface area contributed by atoms with E-state index in [1.807, 2.05) is 0 Å². The van der Waals surface area contributed by atoms with Crippen molar-refractivity contribution in [2.75, 3.05) is 0 Å². The monoisotopic (exact) mass is 338 g/mol. The normalized spacial score (nSPS) is 14.0. The molecule has 0 bridgehead atoms. The van der Waals surface area contributed by atoms with Gasteiger partial charge in [-0.15, -0.1) is 11.3 Å². The third-order valence-electron chi connectivity index (χ3n) is 3.34. The molecule has 0 spiro atoms. The molecule has 0 saturated heterocycles. The zero-order valence-electron chi connectivity index (χ0n) is 12.2. The molecule has 1 aromatic carbocycles. The van der Waals surface area contributed by atoms with Crippen molar-refractivity contribution in [3.05, 3.63) is 52.0 Å². The van der Waals surface area contributed by atoms with Crippen molar-refractivity contribution in [1.29, 1.82) is 5.26 Å². The number of aromatic nitrogens is 1. The molecule has 1 heterocycles. The summed E-state index contributed by atoms with van der Waals surface area (Å²) in [7, 11) is 0. The Balaban J connectivity index is 2.26. The van der Waals surface area contributed by atoms with Crippen molar-refractivity contribution in [2.24, 2.45) is 0 Å². The molecule has 2 unspecified atom stereocenters. The Hall–Kier alpha value is -2.20. The lowest BCUT2D eigenvalue weighted by Gasteiger charge is -2.20. The van der Waals surface area contributed by atoms with E-state index in [4.69, 9.17) is 5.26 Å². The summed E-state index contributed by atoms with van der Waals surface area (Å²) in [5, 5.41) is 11.1. The molecule has 0 aliphatic rings. The number of Topliss-reactive ketones (excluding diaryl/α,β-unsaturated/α-hetero) is 1. The Morgan fingerprint density at radius 1 is 1.35 bits per heavy atom. The molecule has 3 nitrogen and oxygen atoms in total. The maximum absolute atomic E-state index is 13.3. The van der Waals surface area contributed by atoms with Crippen LogP contribution in [0, 0.1) is 18.3 Å². The maximum atomic E-state index is 13.3. The van der Waals surface area contributed by atoms with E-state index in [1.165, 1.54) is 24.3 Å². The average Bonchev–Trinajstić information content (AvgIpc) is 2.91. The third-order valence-corrected chi connectivity index (χ3v) is 4.36. The molecule has 120 valence electrons. The van der Waals surface area contributed by atoms with Gasteiger partial charge >= 0.3 is 6.18 Å². The zero-order valence-corrected chi connectivity index (χ0v) is 13.0. The predicted molar refractivity (Wildman–Crippen MR) is 80.1 cm³/mol. The van der Waals surface area contributed by atoms with Crippen LogP contribution < -0.4 is 0 Å². The number of hydrogen-bond acceptors (Lipinski definition) is 4. The Labute approximate surface area is 135 Å². The first-order chi connectivity index (χ1) is 10.8. The van der Waals surface area contributed by atoms with Crippen molar-refractivity contribution >= 4 is 17.1 Å². The van der Waals surface area contributed by atoms with E-state index in [0.717, 1.165) is 11.3 Å². The van der Waals surface area contributed by atoms with Crippen LogP contribution in [-0.2, 0) is 4.79 Å². The summed E-state index contributed by atoms with van der Waals surface area (Å²) in [6, 6.07) is 9.03. The first-order valence-corrected chi connectivity index (χ1v) is 7.67. The molecule has 0 aliphatic heterocycles. The van der Waals surface area contributed by atoms with Crippen molar-refractivity contribution in [1.82, 2.24) is 4.98 Å². The number of benzene rings is 1. The highest BCUT2D eigenvalue weighted by atomic mass is 32.1. The first kappa shape index (κ1) is 17.2. The molecule has 0 saturated carbocycles. The fraction of sp³-hybridized carbons (Fsp3) is 0.312. The molecule has 0 aliphatic carbocycles. The number of carbonyl (C=O) groups excluding carboxylic acids is 1. The van der Waals surface area contributed by atoms with Crippen LogP contribution in [0.2, 0.25) is 0 Å². The molecule has 0 fully saturated rings. The summed E-state index contributed by atoms with van der Waals surface area (Å²) in [6.07, 6.45) is -5.33. The molecule has 0 N–H and O–H groups in total. The number of alkyl halides is 3. The van der Waals surface area contributed by atoms with Gasteiger partial charge in [-0.25, -0.2) is 4.98 Å². The number of nitriles is 1. The molecule has 7 heteroatoms. The summed E-state index contributed by atoms with van der Waals surface area (Å²) < 4.78 is 39.9. The van der Waals surface area contributed by atoms with Crippen LogP contribution in [0.4, 0.5) is 13.2 Å². The van der Waals surface area contributed by atoms with Crippen LogP contribution in [-0.4, -0.2) is 16.9 Å². The van der Waals surface area contributed by atoms with Crippen LogP contribution in [0.5, 0.6) is 0 Å². The summed E-state index contributed by atoms with van der Waals surface area (Å²) in [5.41, 5.74) is 0.647. The largest absolute Gasteiger partial charge is 0.396 e. The van der Waals surface area contributed by atoms with Crippen molar-refractivity contribution in [3.8, 4) is 6.07 Å². The van der Waals surface area contributed by atoms with Crippen LogP contribution in [0.1, 0.15) is 34.5 Å². The molecule has 0 amide bonds. The van der Waals surface area contributed by atoms with E-state index in [9.17, 15) is 18.0 Å². The van der Waals surface area contributed by atoms with Gasteiger partial charge in [-0.05, 0) is 12.5 Å². The standard InChI is InChI=1S/C16H13F3N2OS/c1-10-9-23-15(21-10)12(8-20)14(22)7-13(16(17,18)19)11-5-3-2-4-6-11/h2-6,9,12-13H,7H2,1H3. The van der Waals surface area contributed by atoms with E-state index in [2.05, 4.69) is 4.98 Å². The highest BCUT2D eigenvalue weighted by molar-refractivity contribution is 7.09. The third kappa shape index (κ3) is 4.17. The summed E-state index contributed by atoms with van der Waals surface area (Å²) >= 11 is 1.11. The highest BCUT2D eigenvalue weighted by Gasteiger charge is 2.43. The minimum absolute atomic E-state index is 0.0142. The second-order valence-corrected chi connectivity index (χ2v) is 5.95. The second kappa shape index (κ2) is 6.92. The number of carbonyl (C=O) groups is 1. The smallest absolute Gasteiger partial charge is 0.298 e. The van der Waals surface area contributed by atoms with Gasteiger partial charge in [-0.2, -0.15) is 18.4 Å². The van der Waals surface area contributed by atoms with E-state index in [1.54, 1.807) is 24.4 Å². The Morgan fingerprint density at radius 3 is 2.48 bits per heavy atom. The average molecular weight is 338 g/mol. The second-order valence-electron chi connectivity index (χ2n) is 5.06. The minimum atomic E-state index is -4.56. The van der Waals surface area contributed by atoms with Crippen LogP contribution >= 0.6 is 11.3 Å². The molecule has 2 aromatic rings. The number of ketones is 1. The summed E-state index contributed by atoms with van der Waals surface area (Å²) in [6.45, 7) is 1.70. The predicted octanol–water partition coefficient (Wildman–Crippen LogP) is 4.36. The Kier molecular flexibility index (Phi) is 5.16. The molecular weight excluding hydrogens is 325 g/mol. The van der Waals surface area contributed by atoms with Crippen molar-refractivity contribution < 1.29 is 18.0 Å². The molecular formula is C16H13F3N2OS. The lowest BCUT2D eigenvalue weighted by Crippen LogP contribution is -2.25. The van der Waals surface area contributed by atoms with E-state index < -0.39 is 30.2 Å². The van der Waals surface area contributed by atoms with Gasteiger partial charge in [0.1, 0.15) is 5.01 Å². The number of rotatable bonds is 5. The van der Waals surface area contributed by atoms with Gasteiger partial charge in [0.25, 0.3) is 0 Å². The minimum Gasteiger partial charge on any atom is -0.298 e. The van der Waals surface area contributed by atoms with Gasteiger partial charge in [0.05, 0.1) is 12.0 Å². The van der Waals surface area contributed by atoms with Crippen molar-refractivity contribution in [2.45, 2.75) is 31.4 Å². The lowest BCUT2D eigenvalue weighted by molar-refractivity contribution is -0.156. The van der Waals surface area contributed by atoms with Gasteiger partial charge < -0.3 is 0 Å². The van der Waals surface area contributed by atoms with E-state index >= 15 is 0 Å². The number of nitrogens with zero attached hydrogens (tertiary/aromatic N) is 2. The molecule has 2 rings (SSSR count). The van der Waals surface area contributed by atoms with Crippen molar-refractivity contribution in [3.63, 3.8) is 0 Å². The van der Waals surface area contributed by atoms with Crippen LogP contribution in [0.25, 0.3) is 0 Å². The zero-order chi connectivity index (χ0) is 17.0. The maximum Gasteiger partial charge on any atom is 0.396 e. The molecule has 1 aromatic heterocycles. The quantitative estimate of drug-likeness (QED) is 0.814. The first-order valence-electron chi connectivity index (χ1n) is 6.79. The number of hydrogen-bond donors (Lipinski definition) is 0. The van der Waals surface area contributed by atoms with Gasteiger partial charge in [0.2, 0.25) is 0 Å². The highest BCUT2D eigenvalue weighted by Crippen LogP contribution is 2.39. The van der Waals surface area contributed by atoms with Gasteiger partial charge in [0.15, 0.2) is 11.7 Å². The molecule has 2 atom stereocenters. The van der Waals surface area contributed by atoms with E-state index in [0.29, 0.717) is 5.69 Å². The lowest BCUT2D eigenvalue weighted by atomic mass is 9.89. The fourth-order valence-corrected chi connectivity index (χ4v) is 3.06. The Bertz CT molecular complexity index is 719. The molecule has 0 radical (unpaired) electrons.